The number of carboxylic acid groups (broad SMARTS) is 1. The van der Waals surface area contributed by atoms with Gasteiger partial charge in [-0.1, -0.05) is 12.1 Å². The summed E-state index contributed by atoms with van der Waals surface area (Å²) in [5.74, 6) is -1.54. The van der Waals surface area contributed by atoms with Gasteiger partial charge in [0.25, 0.3) is 0 Å². The van der Waals surface area contributed by atoms with Crippen LogP contribution in [-0.2, 0) is 27.7 Å². The lowest BCUT2D eigenvalue weighted by atomic mass is 9.85. The lowest BCUT2D eigenvalue weighted by Gasteiger charge is -2.19. The Hall–Kier alpha value is -2.84. The smallest absolute Gasteiger partial charge is 0.435 e. The number of benzene rings is 1. The zero-order valence-corrected chi connectivity index (χ0v) is 13.5. The number of hydrogen-bond donors (Lipinski definition) is 2. The standard InChI is InChI=1S/C16H16F3N3O3/c1-15(2,14(24)25)10-3-5-11(6-4-10)20-13(23)9-22-8-7-12(21-22)16(17,18)19/h3-8H,9H2,1-2H3,(H,20,23)(H,24,25). The number of aromatic nitrogens is 2. The molecule has 0 bridgehead atoms. The van der Waals surface area contributed by atoms with Crippen LogP contribution in [0.3, 0.4) is 0 Å². The second-order valence-electron chi connectivity index (χ2n) is 5.95. The molecule has 1 amide bonds. The molecule has 1 aromatic heterocycles. The van der Waals surface area contributed by atoms with Crippen LogP contribution in [0.1, 0.15) is 25.1 Å². The molecule has 6 nitrogen and oxygen atoms in total. The highest BCUT2D eigenvalue weighted by Gasteiger charge is 2.33. The van der Waals surface area contributed by atoms with Crippen LogP contribution in [0.15, 0.2) is 36.5 Å². The summed E-state index contributed by atoms with van der Waals surface area (Å²) in [5, 5.41) is 15.0. The van der Waals surface area contributed by atoms with Crippen molar-refractivity contribution in [2.75, 3.05) is 5.32 Å². The van der Waals surface area contributed by atoms with Gasteiger partial charge in [-0.05, 0) is 37.6 Å². The van der Waals surface area contributed by atoms with Gasteiger partial charge >= 0.3 is 12.1 Å². The molecule has 0 aliphatic heterocycles. The average molecular weight is 355 g/mol. The van der Waals surface area contributed by atoms with Crippen LogP contribution in [0.2, 0.25) is 0 Å². The fraction of sp³-hybridized carbons (Fsp3) is 0.312. The van der Waals surface area contributed by atoms with E-state index in [9.17, 15) is 27.9 Å². The van der Waals surface area contributed by atoms with Crippen LogP contribution in [0.4, 0.5) is 18.9 Å². The number of alkyl halides is 3. The van der Waals surface area contributed by atoms with E-state index in [4.69, 9.17) is 0 Å². The topological polar surface area (TPSA) is 84.2 Å². The molecule has 0 spiro atoms. The van der Waals surface area contributed by atoms with Gasteiger partial charge in [-0.2, -0.15) is 18.3 Å². The first-order chi connectivity index (χ1) is 11.5. The Kier molecular flexibility index (Phi) is 4.87. The maximum absolute atomic E-state index is 12.5. The zero-order valence-electron chi connectivity index (χ0n) is 13.5. The number of nitrogens with zero attached hydrogens (tertiary/aromatic N) is 2. The Bertz CT molecular complexity index is 780. The van der Waals surface area contributed by atoms with Crippen molar-refractivity contribution in [3.05, 3.63) is 47.8 Å². The van der Waals surface area contributed by atoms with E-state index in [-0.39, 0.29) is 6.54 Å². The largest absolute Gasteiger partial charge is 0.481 e. The fourth-order valence-electron chi connectivity index (χ4n) is 2.04. The van der Waals surface area contributed by atoms with E-state index < -0.39 is 29.2 Å². The highest BCUT2D eigenvalue weighted by molar-refractivity contribution is 5.90. The SMILES string of the molecule is CC(C)(C(=O)O)c1ccc(NC(=O)Cn2ccc(C(F)(F)F)n2)cc1. The molecule has 0 saturated carbocycles. The van der Waals surface area contributed by atoms with Crippen molar-refractivity contribution >= 4 is 17.6 Å². The number of carbonyl (C=O) groups excluding carboxylic acids is 1. The van der Waals surface area contributed by atoms with Crippen molar-refractivity contribution in [1.29, 1.82) is 0 Å². The summed E-state index contributed by atoms with van der Waals surface area (Å²) in [6.45, 7) is 2.73. The molecular formula is C16H16F3N3O3. The summed E-state index contributed by atoms with van der Waals surface area (Å²) in [6, 6.07) is 6.99. The summed E-state index contributed by atoms with van der Waals surface area (Å²) in [4.78, 5) is 23.1. The third-order valence-electron chi connectivity index (χ3n) is 3.66. The van der Waals surface area contributed by atoms with Crippen LogP contribution < -0.4 is 5.32 Å². The minimum absolute atomic E-state index is 0.377. The minimum Gasteiger partial charge on any atom is -0.481 e. The van der Waals surface area contributed by atoms with Crippen LogP contribution in [0, 0.1) is 0 Å². The van der Waals surface area contributed by atoms with E-state index in [1.54, 1.807) is 26.0 Å². The van der Waals surface area contributed by atoms with Crippen molar-refractivity contribution in [3.8, 4) is 0 Å². The molecule has 0 aliphatic carbocycles. The molecule has 9 heteroatoms. The third-order valence-corrected chi connectivity index (χ3v) is 3.66. The highest BCUT2D eigenvalue weighted by atomic mass is 19.4. The van der Waals surface area contributed by atoms with Gasteiger partial charge in [-0.25, -0.2) is 0 Å². The molecule has 25 heavy (non-hydrogen) atoms. The molecule has 0 atom stereocenters. The number of amides is 1. The third kappa shape index (κ3) is 4.37. The molecule has 2 aromatic rings. The number of halogens is 3. The van der Waals surface area contributed by atoms with E-state index in [1.807, 2.05) is 0 Å². The van der Waals surface area contributed by atoms with E-state index in [0.717, 1.165) is 16.9 Å². The Morgan fingerprint density at radius 1 is 1.16 bits per heavy atom. The van der Waals surface area contributed by atoms with Crippen LogP contribution in [-0.4, -0.2) is 26.8 Å². The summed E-state index contributed by atoms with van der Waals surface area (Å²) >= 11 is 0. The molecular weight excluding hydrogens is 339 g/mol. The monoisotopic (exact) mass is 355 g/mol. The number of carbonyl (C=O) groups is 2. The average Bonchev–Trinajstić information content (AvgIpc) is 2.96. The summed E-state index contributed by atoms with van der Waals surface area (Å²) < 4.78 is 38.3. The Morgan fingerprint density at radius 3 is 2.24 bits per heavy atom. The van der Waals surface area contributed by atoms with Gasteiger partial charge in [0.1, 0.15) is 6.54 Å². The van der Waals surface area contributed by atoms with E-state index in [0.29, 0.717) is 11.3 Å². The molecule has 0 fully saturated rings. The molecule has 0 unspecified atom stereocenters. The van der Waals surface area contributed by atoms with Crippen LogP contribution in [0.5, 0.6) is 0 Å². The Morgan fingerprint density at radius 2 is 1.76 bits per heavy atom. The minimum atomic E-state index is -4.56. The number of aliphatic carboxylic acids is 1. The predicted octanol–water partition coefficient (Wildman–Crippen LogP) is 2.90. The number of nitrogens with one attached hydrogen (secondary N) is 1. The first kappa shape index (κ1) is 18.5. The molecule has 2 N–H and O–H groups in total. The maximum atomic E-state index is 12.5. The van der Waals surface area contributed by atoms with Gasteiger partial charge in [0, 0.05) is 11.9 Å². The fourth-order valence-corrected chi connectivity index (χ4v) is 2.04. The van der Waals surface area contributed by atoms with Crippen LogP contribution >= 0.6 is 0 Å². The number of carboxylic acids is 1. The second kappa shape index (κ2) is 6.58. The highest BCUT2D eigenvalue weighted by Crippen LogP contribution is 2.27. The van der Waals surface area contributed by atoms with Gasteiger partial charge < -0.3 is 10.4 Å². The zero-order chi connectivity index (χ0) is 18.8. The Balaban J connectivity index is 2.01. The molecule has 0 aliphatic rings. The first-order valence-electron chi connectivity index (χ1n) is 7.24. The molecule has 0 radical (unpaired) electrons. The van der Waals surface area contributed by atoms with Gasteiger partial charge in [0.15, 0.2) is 5.69 Å². The van der Waals surface area contributed by atoms with Crippen molar-refractivity contribution in [3.63, 3.8) is 0 Å². The van der Waals surface area contributed by atoms with E-state index >= 15 is 0 Å². The lowest BCUT2D eigenvalue weighted by Crippen LogP contribution is -2.28. The van der Waals surface area contributed by atoms with Gasteiger partial charge in [-0.3, -0.25) is 14.3 Å². The number of hydrogen-bond acceptors (Lipinski definition) is 3. The van der Waals surface area contributed by atoms with Gasteiger partial charge in [0.05, 0.1) is 5.41 Å². The second-order valence-corrected chi connectivity index (χ2v) is 5.95. The van der Waals surface area contributed by atoms with E-state index in [2.05, 4.69) is 10.4 Å². The molecule has 1 aromatic carbocycles. The quantitative estimate of drug-likeness (QED) is 0.864. The summed E-state index contributed by atoms with van der Waals surface area (Å²) in [5.41, 5.74) is -1.19. The normalized spacial score (nSPS) is 12.0. The van der Waals surface area contributed by atoms with Crippen molar-refractivity contribution < 1.29 is 27.9 Å². The molecule has 2 rings (SSSR count). The number of rotatable bonds is 5. The first-order valence-corrected chi connectivity index (χ1v) is 7.24. The summed E-state index contributed by atoms with van der Waals surface area (Å²) in [7, 11) is 0. The van der Waals surface area contributed by atoms with Gasteiger partial charge in [-0.15, -0.1) is 0 Å². The predicted molar refractivity (Wildman–Crippen MR) is 83.0 cm³/mol. The van der Waals surface area contributed by atoms with Crippen molar-refractivity contribution in [2.45, 2.75) is 32.0 Å². The van der Waals surface area contributed by atoms with Gasteiger partial charge in [0.2, 0.25) is 5.91 Å². The maximum Gasteiger partial charge on any atom is 0.435 e. The summed E-state index contributed by atoms with van der Waals surface area (Å²) in [6.07, 6.45) is -3.49. The van der Waals surface area contributed by atoms with Crippen LogP contribution in [0.25, 0.3) is 0 Å². The van der Waals surface area contributed by atoms with Crippen molar-refractivity contribution in [2.24, 2.45) is 0 Å². The molecule has 134 valence electrons. The van der Waals surface area contributed by atoms with Crippen molar-refractivity contribution in [1.82, 2.24) is 9.78 Å². The van der Waals surface area contributed by atoms with E-state index in [1.165, 1.54) is 12.1 Å². The molecule has 0 saturated heterocycles. The molecule has 1 heterocycles. The number of anilines is 1. The lowest BCUT2D eigenvalue weighted by molar-refractivity contribution is -0.143. The Labute approximate surface area is 141 Å².